The van der Waals surface area contributed by atoms with Gasteiger partial charge in [0.1, 0.15) is 0 Å². The molecule has 2 aromatic rings. The Hall–Kier alpha value is -2.63. The summed E-state index contributed by atoms with van der Waals surface area (Å²) in [4.78, 5) is 19.2. The molecule has 0 bridgehead atoms. The van der Waals surface area contributed by atoms with Crippen molar-refractivity contribution in [2.24, 2.45) is 0 Å². The Morgan fingerprint density at radius 1 is 1.09 bits per heavy atom. The quantitative estimate of drug-likeness (QED) is 0.712. The summed E-state index contributed by atoms with van der Waals surface area (Å²) in [5.74, 6) is 0.134. The first-order valence-electron chi connectivity index (χ1n) is 10.8. The zero-order valence-electron chi connectivity index (χ0n) is 18.5. The molecule has 174 valence electrons. The van der Waals surface area contributed by atoms with Crippen LogP contribution in [0.4, 0.5) is 16.3 Å². The van der Waals surface area contributed by atoms with Crippen molar-refractivity contribution in [3.8, 4) is 0 Å². The van der Waals surface area contributed by atoms with Gasteiger partial charge in [-0.2, -0.15) is 4.68 Å². The molecule has 4 rings (SSSR count). The number of benzene rings is 1. The summed E-state index contributed by atoms with van der Waals surface area (Å²) >= 11 is 0. The Morgan fingerprint density at radius 3 is 2.50 bits per heavy atom. The molecule has 0 unspecified atom stereocenters. The second-order valence-corrected chi connectivity index (χ2v) is 10.0. The Morgan fingerprint density at radius 2 is 1.81 bits per heavy atom. The highest BCUT2D eigenvalue weighted by Gasteiger charge is 2.23. The van der Waals surface area contributed by atoms with Gasteiger partial charge >= 0.3 is 6.03 Å². The second kappa shape index (κ2) is 9.47. The van der Waals surface area contributed by atoms with Gasteiger partial charge in [-0.25, -0.2) is 13.2 Å². The first-order chi connectivity index (χ1) is 15.3. The van der Waals surface area contributed by atoms with Crippen molar-refractivity contribution in [1.82, 2.24) is 19.6 Å². The fourth-order valence-electron chi connectivity index (χ4n) is 4.07. The van der Waals surface area contributed by atoms with E-state index < -0.39 is 10.0 Å². The van der Waals surface area contributed by atoms with Crippen molar-refractivity contribution in [1.29, 1.82) is 0 Å². The van der Waals surface area contributed by atoms with E-state index in [9.17, 15) is 13.2 Å². The van der Waals surface area contributed by atoms with Crippen molar-refractivity contribution in [2.45, 2.75) is 13.5 Å². The van der Waals surface area contributed by atoms with Crippen LogP contribution in [-0.2, 0) is 21.3 Å². The summed E-state index contributed by atoms with van der Waals surface area (Å²) in [6, 6.07) is 7.85. The molecule has 0 atom stereocenters. The molecule has 1 amide bonds. The minimum Gasteiger partial charge on any atom is -0.378 e. The van der Waals surface area contributed by atoms with E-state index in [1.165, 1.54) is 33.8 Å². The number of nitrogens with one attached hydrogen (secondary N) is 1. The smallest absolute Gasteiger partial charge is 0.344 e. The average molecular weight is 463 g/mol. The number of morpholine rings is 1. The van der Waals surface area contributed by atoms with Gasteiger partial charge in [0, 0.05) is 63.8 Å². The third-order valence-corrected chi connectivity index (χ3v) is 6.33. The number of carbonyl (C=O) groups excluding carboxylic acids is 1. The molecule has 0 saturated carbocycles. The number of nitrogens with zero attached hydrogens (tertiary/aromatic N) is 5. The molecule has 2 fully saturated rings. The lowest BCUT2D eigenvalue weighted by atomic mass is 10.1. The second-order valence-electron chi connectivity index (χ2n) is 8.29. The molecule has 3 heterocycles. The number of anilines is 2. The third kappa shape index (κ3) is 5.59. The number of sulfonamides is 1. The van der Waals surface area contributed by atoms with Crippen LogP contribution in [0.3, 0.4) is 0 Å². The van der Waals surface area contributed by atoms with Gasteiger partial charge in [0.15, 0.2) is 5.82 Å². The van der Waals surface area contributed by atoms with Gasteiger partial charge in [-0.3, -0.25) is 9.62 Å². The molecular formula is C21H30N6O4S. The number of amides is 1. The van der Waals surface area contributed by atoms with Gasteiger partial charge in [-0.05, 0) is 24.1 Å². The lowest BCUT2D eigenvalue weighted by molar-refractivity contribution is 0.122. The normalized spacial score (nSPS) is 18.1. The lowest BCUT2D eigenvalue weighted by Gasteiger charge is -2.35. The topological polar surface area (TPSA) is 100 Å². The Kier molecular flexibility index (Phi) is 6.68. The number of carbonyl (C=O) groups is 1. The zero-order chi connectivity index (χ0) is 22.7. The van der Waals surface area contributed by atoms with Crippen LogP contribution in [0.25, 0.3) is 0 Å². The molecule has 1 aromatic carbocycles. The predicted octanol–water partition coefficient (Wildman–Crippen LogP) is 1.19. The van der Waals surface area contributed by atoms with Crippen LogP contribution in [0, 0.1) is 6.92 Å². The molecule has 0 spiro atoms. The van der Waals surface area contributed by atoms with E-state index in [1.54, 1.807) is 4.90 Å². The number of ether oxygens (including phenoxy) is 1. The van der Waals surface area contributed by atoms with Gasteiger partial charge in [-0.1, -0.05) is 12.1 Å². The summed E-state index contributed by atoms with van der Waals surface area (Å²) in [5.41, 5.74) is 3.81. The summed E-state index contributed by atoms with van der Waals surface area (Å²) in [6.07, 6.45) is 2.52. The number of piperazine rings is 1. The summed E-state index contributed by atoms with van der Waals surface area (Å²) < 4.78 is 31.6. The standard InChI is InChI=1S/C21H30N6O4S/c1-17-3-4-18(15-19(17)25-11-13-31-14-12-25)16-24-7-9-26(10-8-24)21(28)27-6-5-20(22-27)23-32(2,29)30/h3-6,15H,7-14,16H2,1-2H3,(H,22,23). The molecule has 2 aliphatic heterocycles. The van der Waals surface area contributed by atoms with Crippen LogP contribution >= 0.6 is 0 Å². The molecule has 2 aliphatic rings. The monoisotopic (exact) mass is 462 g/mol. The van der Waals surface area contributed by atoms with Gasteiger partial charge < -0.3 is 14.5 Å². The Balaban J connectivity index is 1.33. The van der Waals surface area contributed by atoms with Crippen molar-refractivity contribution in [2.75, 3.05) is 68.4 Å². The highest BCUT2D eigenvalue weighted by Crippen LogP contribution is 2.24. The third-order valence-electron chi connectivity index (χ3n) is 5.75. The highest BCUT2D eigenvalue weighted by molar-refractivity contribution is 7.92. The fraction of sp³-hybridized carbons (Fsp3) is 0.524. The molecule has 11 heteroatoms. The molecule has 32 heavy (non-hydrogen) atoms. The van der Waals surface area contributed by atoms with Crippen molar-refractivity contribution < 1.29 is 17.9 Å². The molecule has 2 saturated heterocycles. The van der Waals surface area contributed by atoms with Crippen LogP contribution in [0.2, 0.25) is 0 Å². The maximum atomic E-state index is 12.7. The average Bonchev–Trinajstić information content (AvgIpc) is 3.22. The first kappa shape index (κ1) is 22.6. The maximum Gasteiger partial charge on any atom is 0.344 e. The van der Waals surface area contributed by atoms with E-state index in [0.717, 1.165) is 52.2 Å². The van der Waals surface area contributed by atoms with E-state index in [1.807, 2.05) is 0 Å². The molecule has 1 aromatic heterocycles. The van der Waals surface area contributed by atoms with Crippen molar-refractivity contribution >= 4 is 27.6 Å². The van der Waals surface area contributed by atoms with Crippen LogP contribution in [0.5, 0.6) is 0 Å². The van der Waals surface area contributed by atoms with Crippen LogP contribution in [0.15, 0.2) is 30.5 Å². The molecule has 1 N–H and O–H groups in total. The highest BCUT2D eigenvalue weighted by atomic mass is 32.2. The van der Waals surface area contributed by atoms with Crippen LogP contribution in [-0.4, -0.2) is 92.8 Å². The summed E-state index contributed by atoms with van der Waals surface area (Å²) in [5, 5.41) is 4.03. The number of aryl methyl sites for hydroxylation is 1. The van der Waals surface area contributed by atoms with Gasteiger partial charge in [0.05, 0.1) is 19.5 Å². The minimum absolute atomic E-state index is 0.134. The number of hydrogen-bond acceptors (Lipinski definition) is 7. The predicted molar refractivity (Wildman–Crippen MR) is 123 cm³/mol. The van der Waals surface area contributed by atoms with Crippen molar-refractivity contribution in [3.63, 3.8) is 0 Å². The summed E-state index contributed by atoms with van der Waals surface area (Å²) in [6.45, 7) is 9.06. The van der Waals surface area contributed by atoms with Crippen LogP contribution in [0.1, 0.15) is 11.1 Å². The van der Waals surface area contributed by atoms with E-state index in [4.69, 9.17) is 4.74 Å². The number of hydrogen-bond donors (Lipinski definition) is 1. The lowest BCUT2D eigenvalue weighted by Crippen LogP contribution is -2.49. The number of aromatic nitrogens is 2. The van der Waals surface area contributed by atoms with E-state index in [0.29, 0.717) is 13.1 Å². The Labute approximate surface area is 188 Å². The summed E-state index contributed by atoms with van der Waals surface area (Å²) in [7, 11) is -3.43. The maximum absolute atomic E-state index is 12.7. The first-order valence-corrected chi connectivity index (χ1v) is 12.6. The van der Waals surface area contributed by atoms with Gasteiger partial charge in [0.25, 0.3) is 0 Å². The van der Waals surface area contributed by atoms with Crippen LogP contribution < -0.4 is 9.62 Å². The Bertz CT molecular complexity index is 1060. The van der Waals surface area contributed by atoms with Gasteiger partial charge in [0.2, 0.25) is 10.0 Å². The molecule has 0 radical (unpaired) electrons. The van der Waals surface area contributed by atoms with E-state index >= 15 is 0 Å². The number of rotatable bonds is 5. The SMILES string of the molecule is Cc1ccc(CN2CCN(C(=O)n3ccc(NS(C)(=O)=O)n3)CC2)cc1N1CCOCC1. The zero-order valence-corrected chi connectivity index (χ0v) is 19.3. The van der Waals surface area contributed by atoms with Crippen molar-refractivity contribution in [3.05, 3.63) is 41.6 Å². The van der Waals surface area contributed by atoms with E-state index in [2.05, 4.69) is 44.7 Å². The van der Waals surface area contributed by atoms with Gasteiger partial charge in [-0.15, -0.1) is 5.10 Å². The molecular weight excluding hydrogens is 432 g/mol. The fourth-order valence-corrected chi connectivity index (χ4v) is 4.56. The van der Waals surface area contributed by atoms with E-state index in [-0.39, 0.29) is 11.8 Å². The minimum atomic E-state index is -3.43. The molecule has 0 aliphatic carbocycles. The molecule has 10 nitrogen and oxygen atoms in total. The largest absolute Gasteiger partial charge is 0.378 e.